The number of aryl methyl sites for hydroxylation is 2. The number of hydrogen-bond acceptors (Lipinski definition) is 1. The van der Waals surface area contributed by atoms with Gasteiger partial charge in [0.1, 0.15) is 6.54 Å². The number of hydrogen-bond donors (Lipinski definition) is 0. The van der Waals surface area contributed by atoms with E-state index in [1.54, 1.807) is 0 Å². The minimum Gasteiger partial charge on any atom is -0.345 e. The third-order valence-corrected chi connectivity index (χ3v) is 5.77. The van der Waals surface area contributed by atoms with Crippen molar-refractivity contribution in [1.82, 2.24) is 0 Å². The molecule has 2 aliphatic heterocycles. The van der Waals surface area contributed by atoms with E-state index in [0.29, 0.717) is 0 Å². The van der Waals surface area contributed by atoms with Crippen LogP contribution in [0.1, 0.15) is 37.8 Å². The molecule has 27 heavy (non-hydrogen) atoms. The minimum absolute atomic E-state index is 1.02. The molecule has 0 N–H and O–H groups in total. The molecule has 0 amide bonds. The summed E-state index contributed by atoms with van der Waals surface area (Å²) in [4.78, 5) is 2.46. The van der Waals surface area contributed by atoms with Crippen molar-refractivity contribution < 1.29 is 4.58 Å². The van der Waals surface area contributed by atoms with Crippen LogP contribution in [0.3, 0.4) is 0 Å². The molecule has 2 aromatic carbocycles. The minimum atomic E-state index is 1.02. The molecule has 2 aliphatic rings. The van der Waals surface area contributed by atoms with Crippen LogP contribution in [0.4, 0.5) is 11.4 Å². The van der Waals surface area contributed by atoms with E-state index in [0.717, 1.165) is 38.8 Å². The number of rotatable bonds is 4. The monoisotopic (exact) mass is 357 g/mol. The fraction of sp³-hybridized carbons (Fsp3) is 0.320. The lowest BCUT2D eigenvalue weighted by Crippen LogP contribution is -2.27. The Morgan fingerprint density at radius 2 is 1.63 bits per heavy atom. The van der Waals surface area contributed by atoms with Gasteiger partial charge in [-0.3, -0.25) is 0 Å². The van der Waals surface area contributed by atoms with E-state index >= 15 is 0 Å². The largest absolute Gasteiger partial charge is 0.345 e. The predicted octanol–water partition coefficient (Wildman–Crippen LogP) is 5.65. The van der Waals surface area contributed by atoms with Crippen LogP contribution in [-0.4, -0.2) is 23.4 Å². The maximum atomic E-state index is 2.46. The number of anilines is 1. The third-order valence-electron chi connectivity index (χ3n) is 5.77. The first-order chi connectivity index (χ1) is 13.3. The summed E-state index contributed by atoms with van der Waals surface area (Å²) in [6, 6.07) is 17.6. The van der Waals surface area contributed by atoms with Crippen molar-refractivity contribution in [2.75, 3.05) is 18.0 Å². The van der Waals surface area contributed by atoms with Crippen molar-refractivity contribution in [3.63, 3.8) is 0 Å². The maximum absolute atomic E-state index is 2.46. The zero-order valence-corrected chi connectivity index (χ0v) is 16.5. The first-order valence-electron chi connectivity index (χ1n) is 10.3. The van der Waals surface area contributed by atoms with Crippen molar-refractivity contribution in [2.24, 2.45) is 0 Å². The quantitative estimate of drug-likeness (QED) is 0.641. The molecule has 0 saturated heterocycles. The van der Waals surface area contributed by atoms with Gasteiger partial charge in [0.15, 0.2) is 5.71 Å². The molecule has 2 heteroatoms. The molecule has 2 aromatic rings. The standard InChI is InChI=1S/C25H29N2/c1-3-26-22(18-16-20-10-5-7-14-24(20)26)12-9-13-23-19-17-21-11-6-8-15-25(21)27(23)4-2/h5-15H,3-4,16-19H2,1-2H3/q+1. The second-order valence-electron chi connectivity index (χ2n) is 7.25. The molecule has 4 rings (SSSR count). The first kappa shape index (κ1) is 17.8. The average molecular weight is 358 g/mol. The summed E-state index contributed by atoms with van der Waals surface area (Å²) in [6.45, 7) is 6.51. The molecule has 0 saturated carbocycles. The van der Waals surface area contributed by atoms with Crippen molar-refractivity contribution in [3.05, 3.63) is 83.6 Å². The molecular weight excluding hydrogens is 328 g/mol. The number of para-hydroxylation sites is 2. The summed E-state index contributed by atoms with van der Waals surface area (Å²) >= 11 is 0. The Balaban J connectivity index is 1.61. The molecule has 138 valence electrons. The Bertz CT molecular complexity index is 917. The van der Waals surface area contributed by atoms with Crippen molar-refractivity contribution in [1.29, 1.82) is 0 Å². The number of fused-ring (bicyclic) bond motifs is 2. The summed E-state index contributed by atoms with van der Waals surface area (Å²) in [6.07, 6.45) is 11.4. The molecule has 2 heterocycles. The second-order valence-corrected chi connectivity index (χ2v) is 7.25. The van der Waals surface area contributed by atoms with Crippen molar-refractivity contribution in [3.8, 4) is 0 Å². The fourth-order valence-electron chi connectivity index (χ4n) is 4.44. The highest BCUT2D eigenvalue weighted by atomic mass is 15.1. The van der Waals surface area contributed by atoms with Gasteiger partial charge >= 0.3 is 0 Å². The van der Waals surface area contributed by atoms with Gasteiger partial charge < -0.3 is 4.90 Å². The molecule has 0 bridgehead atoms. The lowest BCUT2D eigenvalue weighted by atomic mass is 9.98. The second kappa shape index (κ2) is 7.96. The normalized spacial score (nSPS) is 18.1. The Morgan fingerprint density at radius 1 is 0.889 bits per heavy atom. The van der Waals surface area contributed by atoms with E-state index in [2.05, 4.69) is 90.1 Å². The molecule has 0 radical (unpaired) electrons. The van der Waals surface area contributed by atoms with Gasteiger partial charge in [-0.2, -0.15) is 4.58 Å². The van der Waals surface area contributed by atoms with Gasteiger partial charge in [-0.05, 0) is 50.8 Å². The molecule has 0 fully saturated rings. The van der Waals surface area contributed by atoms with Crippen LogP contribution in [0.5, 0.6) is 0 Å². The van der Waals surface area contributed by atoms with Gasteiger partial charge in [0.25, 0.3) is 0 Å². The van der Waals surface area contributed by atoms with E-state index in [-0.39, 0.29) is 0 Å². The highest BCUT2D eigenvalue weighted by molar-refractivity contribution is 5.93. The summed E-state index contributed by atoms with van der Waals surface area (Å²) in [7, 11) is 0. The first-order valence-corrected chi connectivity index (χ1v) is 10.3. The van der Waals surface area contributed by atoms with Gasteiger partial charge in [-0.1, -0.05) is 42.5 Å². The van der Waals surface area contributed by atoms with E-state index < -0.39 is 0 Å². The van der Waals surface area contributed by atoms with Gasteiger partial charge in [-0.15, -0.1) is 0 Å². The van der Waals surface area contributed by atoms with Crippen molar-refractivity contribution >= 4 is 17.1 Å². The molecule has 0 unspecified atom stereocenters. The van der Waals surface area contributed by atoms with Crippen LogP contribution >= 0.6 is 0 Å². The van der Waals surface area contributed by atoms with E-state index in [9.17, 15) is 0 Å². The van der Waals surface area contributed by atoms with Crippen LogP contribution < -0.4 is 4.90 Å². The van der Waals surface area contributed by atoms with Gasteiger partial charge in [-0.25, -0.2) is 0 Å². The van der Waals surface area contributed by atoms with E-state index in [1.165, 1.54) is 33.9 Å². The van der Waals surface area contributed by atoms with Crippen LogP contribution in [-0.2, 0) is 12.8 Å². The predicted molar refractivity (Wildman–Crippen MR) is 115 cm³/mol. The Labute approximate surface area is 163 Å². The molecule has 0 atom stereocenters. The highest BCUT2D eigenvalue weighted by Crippen LogP contribution is 2.32. The van der Waals surface area contributed by atoms with Crippen LogP contribution in [0, 0.1) is 0 Å². The molecule has 0 aromatic heterocycles. The maximum Gasteiger partial charge on any atom is 0.208 e. The Morgan fingerprint density at radius 3 is 2.44 bits per heavy atom. The Hall–Kier alpha value is -2.61. The summed E-state index contributed by atoms with van der Waals surface area (Å²) in [5.41, 5.74) is 8.53. The number of nitrogens with zero attached hydrogens (tertiary/aromatic N) is 2. The SMILES string of the molecule is CCN1/C(=C/C=C/C2=[N+](CC)c3ccccc3CC2)CCc2ccccc21. The van der Waals surface area contributed by atoms with Gasteiger partial charge in [0, 0.05) is 42.1 Å². The van der Waals surface area contributed by atoms with Gasteiger partial charge in [0.2, 0.25) is 5.69 Å². The van der Waals surface area contributed by atoms with Crippen LogP contribution in [0.2, 0.25) is 0 Å². The smallest absolute Gasteiger partial charge is 0.208 e. The average Bonchev–Trinajstić information content (AvgIpc) is 2.73. The zero-order chi connectivity index (χ0) is 18.6. The lowest BCUT2D eigenvalue weighted by molar-refractivity contribution is -0.439. The zero-order valence-electron chi connectivity index (χ0n) is 16.5. The third kappa shape index (κ3) is 3.49. The summed E-state index contributed by atoms with van der Waals surface area (Å²) < 4.78 is 2.46. The summed E-state index contributed by atoms with van der Waals surface area (Å²) in [5, 5.41) is 0. The van der Waals surface area contributed by atoms with Crippen LogP contribution in [0.15, 0.2) is 72.5 Å². The molecule has 0 aliphatic carbocycles. The van der Waals surface area contributed by atoms with E-state index in [4.69, 9.17) is 0 Å². The number of allylic oxidation sites excluding steroid dienone is 4. The molecule has 0 spiro atoms. The lowest BCUT2D eigenvalue weighted by Gasteiger charge is -2.32. The highest BCUT2D eigenvalue weighted by Gasteiger charge is 2.23. The van der Waals surface area contributed by atoms with Crippen molar-refractivity contribution in [2.45, 2.75) is 39.5 Å². The molecular formula is C25H29N2+. The number of benzene rings is 2. The van der Waals surface area contributed by atoms with Crippen LogP contribution in [0.25, 0.3) is 0 Å². The summed E-state index contributed by atoms with van der Waals surface area (Å²) in [5.74, 6) is 0. The fourth-order valence-corrected chi connectivity index (χ4v) is 4.44. The molecule has 2 nitrogen and oxygen atoms in total. The Kier molecular flexibility index (Phi) is 5.24. The van der Waals surface area contributed by atoms with E-state index in [1.807, 2.05) is 0 Å². The topological polar surface area (TPSA) is 6.25 Å². The van der Waals surface area contributed by atoms with Gasteiger partial charge in [0.05, 0.1) is 0 Å².